The molecule has 2 fully saturated rings. The molecule has 0 aromatic heterocycles. The van der Waals surface area contributed by atoms with Crippen LogP contribution in [0.4, 0.5) is 0 Å². The Morgan fingerprint density at radius 3 is 2.15 bits per heavy atom. The van der Waals surface area contributed by atoms with Crippen molar-refractivity contribution in [1.29, 1.82) is 0 Å². The van der Waals surface area contributed by atoms with Gasteiger partial charge < -0.3 is 20.1 Å². The van der Waals surface area contributed by atoms with Crippen LogP contribution in [-0.4, -0.2) is 41.1 Å². The summed E-state index contributed by atoms with van der Waals surface area (Å²) in [6.45, 7) is 17.5. The molecule has 0 bridgehead atoms. The van der Waals surface area contributed by atoms with Crippen LogP contribution in [0.25, 0.3) is 0 Å². The molecule has 2 N–H and O–H groups in total. The van der Waals surface area contributed by atoms with E-state index in [4.69, 9.17) is 4.74 Å². The van der Waals surface area contributed by atoms with Crippen molar-refractivity contribution in [3.05, 3.63) is 65.2 Å². The summed E-state index contributed by atoms with van der Waals surface area (Å²) < 4.78 is 5.72. The lowest BCUT2D eigenvalue weighted by Crippen LogP contribution is -2.48. The van der Waals surface area contributed by atoms with Crippen molar-refractivity contribution in [2.45, 2.75) is 91.9 Å². The van der Waals surface area contributed by atoms with Gasteiger partial charge in [-0.2, -0.15) is 0 Å². The first-order valence-corrected chi connectivity index (χ1v) is 14.1. The van der Waals surface area contributed by atoms with Crippen LogP contribution < -0.4 is 10.1 Å². The number of hydrogen-bond acceptors (Lipinski definition) is 4. The van der Waals surface area contributed by atoms with Crippen molar-refractivity contribution in [2.75, 3.05) is 7.11 Å². The molecule has 0 radical (unpaired) electrons. The minimum atomic E-state index is -0.945. The molecule has 0 spiro atoms. The molecule has 1 saturated heterocycles. The van der Waals surface area contributed by atoms with E-state index < -0.39 is 18.1 Å². The zero-order valence-electron chi connectivity index (χ0n) is 25.0. The number of rotatable bonds is 7. The molecule has 1 unspecified atom stereocenters. The average molecular weight is 535 g/mol. The number of ether oxygens (including phenoxy) is 1. The molecule has 2 aliphatic rings. The Bertz CT molecular complexity index is 1210. The van der Waals surface area contributed by atoms with Crippen molar-refractivity contribution in [1.82, 2.24) is 10.2 Å². The number of carbonyl (C=O) groups is 2. The number of hydrogen-bond donors (Lipinski definition) is 2. The Labute approximate surface area is 234 Å². The number of carboxylic acid groups (broad SMARTS) is 1. The van der Waals surface area contributed by atoms with Gasteiger partial charge in [0, 0.05) is 30.0 Å². The van der Waals surface area contributed by atoms with Crippen LogP contribution in [0.15, 0.2) is 48.5 Å². The normalized spacial score (nSPS) is 26.4. The number of nitrogens with zero attached hydrogens (tertiary/aromatic N) is 1. The van der Waals surface area contributed by atoms with Gasteiger partial charge in [0.25, 0.3) is 0 Å². The number of carboxylic acids is 1. The first-order valence-electron chi connectivity index (χ1n) is 14.1. The number of carbonyl (C=O) groups excluding carboxylic acids is 1. The van der Waals surface area contributed by atoms with Gasteiger partial charge in [0.15, 0.2) is 0 Å². The minimum absolute atomic E-state index is 0.0242. The van der Waals surface area contributed by atoms with Crippen LogP contribution in [0.2, 0.25) is 0 Å². The number of benzene rings is 2. The third-order valence-corrected chi connectivity index (χ3v) is 8.80. The van der Waals surface area contributed by atoms with Crippen molar-refractivity contribution in [2.24, 2.45) is 22.7 Å². The summed E-state index contributed by atoms with van der Waals surface area (Å²) in [5, 5.41) is 14.4. The number of nitrogens with one attached hydrogen (secondary N) is 1. The predicted molar refractivity (Wildman–Crippen MR) is 155 cm³/mol. The Morgan fingerprint density at radius 1 is 1.05 bits per heavy atom. The highest BCUT2D eigenvalue weighted by Gasteiger charge is 2.62. The molecule has 6 heteroatoms. The summed E-state index contributed by atoms with van der Waals surface area (Å²) in [6, 6.07) is 14.6. The molecule has 1 heterocycles. The summed E-state index contributed by atoms with van der Waals surface area (Å²) in [4.78, 5) is 28.8. The lowest BCUT2D eigenvalue weighted by molar-refractivity contribution is -0.153. The second kappa shape index (κ2) is 10.3. The van der Waals surface area contributed by atoms with Gasteiger partial charge in [0.2, 0.25) is 5.91 Å². The lowest BCUT2D eigenvalue weighted by Gasteiger charge is -2.35. The minimum Gasteiger partial charge on any atom is -0.496 e. The molecule has 212 valence electrons. The number of amides is 1. The fourth-order valence-electron chi connectivity index (χ4n) is 6.41. The van der Waals surface area contributed by atoms with E-state index in [9.17, 15) is 14.7 Å². The molecular formula is C33H46N2O4. The molecule has 6 nitrogen and oxygen atoms in total. The van der Waals surface area contributed by atoms with E-state index >= 15 is 0 Å². The van der Waals surface area contributed by atoms with Crippen LogP contribution in [0, 0.1) is 22.7 Å². The van der Waals surface area contributed by atoms with Gasteiger partial charge in [-0.3, -0.25) is 4.79 Å². The van der Waals surface area contributed by atoms with E-state index in [2.05, 4.69) is 72.8 Å². The molecular weight excluding hydrogens is 488 g/mol. The summed E-state index contributed by atoms with van der Waals surface area (Å²) >= 11 is 0. The maximum Gasteiger partial charge on any atom is 0.326 e. The first-order chi connectivity index (χ1) is 18.1. The molecule has 1 amide bonds. The third kappa shape index (κ3) is 5.72. The second-order valence-electron chi connectivity index (χ2n) is 14.2. The Kier molecular flexibility index (Phi) is 7.67. The van der Waals surface area contributed by atoms with Crippen LogP contribution >= 0.6 is 0 Å². The maximum absolute atomic E-state index is 14.1. The van der Waals surface area contributed by atoms with Gasteiger partial charge in [-0.15, -0.1) is 0 Å². The van der Waals surface area contributed by atoms with Crippen molar-refractivity contribution in [3.63, 3.8) is 0 Å². The van der Waals surface area contributed by atoms with Crippen LogP contribution in [-0.2, 0) is 21.5 Å². The van der Waals surface area contributed by atoms with Gasteiger partial charge in [0.1, 0.15) is 11.8 Å². The van der Waals surface area contributed by atoms with Gasteiger partial charge in [-0.1, -0.05) is 97.9 Å². The molecule has 1 saturated carbocycles. The Balaban J connectivity index is 1.81. The summed E-state index contributed by atoms with van der Waals surface area (Å²) in [6.07, 6.45) is 0.783. The van der Waals surface area contributed by atoms with E-state index in [1.54, 1.807) is 12.0 Å². The Morgan fingerprint density at radius 2 is 1.67 bits per heavy atom. The third-order valence-electron chi connectivity index (χ3n) is 8.80. The molecule has 1 aliphatic heterocycles. The van der Waals surface area contributed by atoms with E-state index in [0.29, 0.717) is 6.54 Å². The largest absolute Gasteiger partial charge is 0.496 e. The molecule has 5 atom stereocenters. The van der Waals surface area contributed by atoms with Gasteiger partial charge >= 0.3 is 5.97 Å². The lowest BCUT2D eigenvalue weighted by atomic mass is 9.72. The highest BCUT2D eigenvalue weighted by atomic mass is 16.5. The molecule has 1 aliphatic carbocycles. The van der Waals surface area contributed by atoms with Crippen molar-refractivity contribution >= 4 is 11.9 Å². The van der Waals surface area contributed by atoms with Crippen molar-refractivity contribution < 1.29 is 19.4 Å². The zero-order chi connectivity index (χ0) is 28.9. The first kappa shape index (κ1) is 29.1. The summed E-state index contributed by atoms with van der Waals surface area (Å²) in [5.41, 5.74) is 2.67. The van der Waals surface area contributed by atoms with Crippen LogP contribution in [0.1, 0.15) is 84.5 Å². The van der Waals surface area contributed by atoms with Gasteiger partial charge in [-0.05, 0) is 39.9 Å². The fraction of sp³-hybridized carbons (Fsp3) is 0.576. The smallest absolute Gasteiger partial charge is 0.326 e. The maximum atomic E-state index is 14.1. The van der Waals surface area contributed by atoms with Crippen LogP contribution in [0.5, 0.6) is 5.75 Å². The number of aliphatic carboxylic acids is 1. The number of likely N-dealkylation sites (tertiary alicyclic amines) is 1. The van der Waals surface area contributed by atoms with E-state index in [1.807, 2.05) is 36.4 Å². The van der Waals surface area contributed by atoms with Crippen LogP contribution in [0.3, 0.4) is 0 Å². The summed E-state index contributed by atoms with van der Waals surface area (Å²) in [7, 11) is 1.67. The van der Waals surface area contributed by atoms with Gasteiger partial charge in [0.05, 0.1) is 13.2 Å². The topological polar surface area (TPSA) is 78.9 Å². The highest BCUT2D eigenvalue weighted by Crippen LogP contribution is 2.56. The molecule has 4 rings (SSSR count). The second-order valence-corrected chi connectivity index (χ2v) is 14.2. The quantitative estimate of drug-likeness (QED) is 0.442. The average Bonchev–Trinajstić information content (AvgIpc) is 3.34. The summed E-state index contributed by atoms with van der Waals surface area (Å²) in [5.74, 6) is -0.679. The zero-order valence-corrected chi connectivity index (χ0v) is 25.0. The molecule has 2 aromatic carbocycles. The standard InChI is InChI=1S/C33H46N2O4/c1-31(2,3)22-15-16-24(39-9)21(17-22)19-34-26-25(32(4,5)6)28(30(37)38)35(29(36)23-18-33(23,7)8)27(26)20-13-11-10-12-14-20/h10-17,23,25-28,34H,18-19H2,1-9H3,(H,37,38)/t23?,25-,26-,27-,28-/m0/s1. The molecule has 2 aromatic rings. The predicted octanol–water partition coefficient (Wildman–Crippen LogP) is 6.20. The van der Waals surface area contributed by atoms with E-state index in [-0.39, 0.29) is 40.0 Å². The Hall–Kier alpha value is -2.86. The van der Waals surface area contributed by atoms with Gasteiger partial charge in [-0.25, -0.2) is 4.79 Å². The monoisotopic (exact) mass is 534 g/mol. The van der Waals surface area contributed by atoms with E-state index in [1.165, 1.54) is 5.56 Å². The van der Waals surface area contributed by atoms with Crippen molar-refractivity contribution in [3.8, 4) is 5.75 Å². The molecule has 39 heavy (non-hydrogen) atoms. The number of methoxy groups -OCH3 is 1. The fourth-order valence-corrected chi connectivity index (χ4v) is 6.41. The SMILES string of the molecule is COc1ccc(C(C)(C)C)cc1CN[C@H]1[C@H](C(C)(C)C)[C@@H](C(=O)O)N(C(=O)C2CC2(C)C)[C@H]1c1ccccc1. The highest BCUT2D eigenvalue weighted by molar-refractivity contribution is 5.89. The van der Waals surface area contributed by atoms with E-state index in [0.717, 1.165) is 23.3 Å².